The second-order valence-electron chi connectivity index (χ2n) is 4.50. The van der Waals surface area contributed by atoms with Crippen LogP contribution in [0.3, 0.4) is 0 Å². The number of ether oxygens (including phenoxy) is 2. The van der Waals surface area contributed by atoms with Crippen LogP contribution in [0.25, 0.3) is 0 Å². The Labute approximate surface area is 111 Å². The quantitative estimate of drug-likeness (QED) is 0.580. The molecule has 6 heteroatoms. The Hall–Kier alpha value is -1.85. The van der Waals surface area contributed by atoms with Gasteiger partial charge in [-0.2, -0.15) is 0 Å². The van der Waals surface area contributed by atoms with Gasteiger partial charge in [0, 0.05) is 5.57 Å². The molecule has 106 valence electrons. The van der Waals surface area contributed by atoms with Crippen molar-refractivity contribution in [2.75, 3.05) is 6.61 Å². The highest BCUT2D eigenvalue weighted by atomic mass is 16.6. The number of esters is 2. The highest BCUT2D eigenvalue weighted by Gasteiger charge is 2.19. The molecule has 0 bridgehead atoms. The van der Waals surface area contributed by atoms with E-state index in [1.54, 1.807) is 0 Å². The average molecular weight is 270 g/mol. The molecular formula is C13H18O6. The second kappa shape index (κ2) is 7.56. The van der Waals surface area contributed by atoms with Crippen molar-refractivity contribution in [3.05, 3.63) is 12.2 Å². The number of aliphatic carboxylic acids is 1. The van der Waals surface area contributed by atoms with Crippen molar-refractivity contribution in [2.45, 2.75) is 44.6 Å². The van der Waals surface area contributed by atoms with Gasteiger partial charge in [-0.25, -0.2) is 9.59 Å². The van der Waals surface area contributed by atoms with E-state index in [2.05, 4.69) is 11.3 Å². The Balaban J connectivity index is 2.23. The predicted octanol–water partition coefficient (Wildman–Crippen LogP) is 1.44. The largest absolute Gasteiger partial charge is 0.481 e. The molecule has 0 spiro atoms. The van der Waals surface area contributed by atoms with Gasteiger partial charge in [-0.15, -0.1) is 0 Å². The molecule has 1 rings (SSSR count). The van der Waals surface area contributed by atoms with Gasteiger partial charge in [0.2, 0.25) is 0 Å². The SMILES string of the molecule is C=C(CC(=O)O)C(=O)OCC(=O)OC1CCCCC1. The first-order valence-corrected chi connectivity index (χ1v) is 6.25. The number of carbonyl (C=O) groups is 3. The summed E-state index contributed by atoms with van der Waals surface area (Å²) < 4.78 is 9.77. The summed E-state index contributed by atoms with van der Waals surface area (Å²) in [5, 5.41) is 8.47. The smallest absolute Gasteiger partial charge is 0.344 e. The van der Waals surface area contributed by atoms with Gasteiger partial charge < -0.3 is 14.6 Å². The Kier molecular flexibility index (Phi) is 6.05. The zero-order valence-electron chi connectivity index (χ0n) is 10.7. The van der Waals surface area contributed by atoms with E-state index in [1.807, 2.05) is 0 Å². The molecule has 0 aromatic carbocycles. The van der Waals surface area contributed by atoms with Crippen LogP contribution < -0.4 is 0 Å². The summed E-state index contributed by atoms with van der Waals surface area (Å²) in [6.45, 7) is 2.77. The lowest BCUT2D eigenvalue weighted by molar-refractivity contribution is -0.161. The van der Waals surface area contributed by atoms with E-state index in [4.69, 9.17) is 9.84 Å². The Morgan fingerprint density at radius 1 is 1.16 bits per heavy atom. The van der Waals surface area contributed by atoms with Gasteiger partial charge in [-0.1, -0.05) is 13.0 Å². The maximum Gasteiger partial charge on any atom is 0.344 e. The normalized spacial score (nSPS) is 15.6. The molecule has 0 atom stereocenters. The number of rotatable bonds is 6. The Bertz CT molecular complexity index is 367. The molecule has 0 aromatic heterocycles. The van der Waals surface area contributed by atoms with Crippen LogP contribution >= 0.6 is 0 Å². The van der Waals surface area contributed by atoms with Crippen LogP contribution in [0.4, 0.5) is 0 Å². The highest BCUT2D eigenvalue weighted by Crippen LogP contribution is 2.20. The van der Waals surface area contributed by atoms with Gasteiger partial charge in [-0.05, 0) is 25.7 Å². The number of carbonyl (C=O) groups excluding carboxylic acids is 2. The highest BCUT2D eigenvalue weighted by molar-refractivity contribution is 5.93. The molecule has 0 aliphatic heterocycles. The third-order valence-corrected chi connectivity index (χ3v) is 2.82. The molecule has 1 fully saturated rings. The molecule has 0 unspecified atom stereocenters. The molecule has 1 aliphatic rings. The van der Waals surface area contributed by atoms with Gasteiger partial charge in [0.1, 0.15) is 6.10 Å². The lowest BCUT2D eigenvalue weighted by Gasteiger charge is -2.21. The third kappa shape index (κ3) is 6.03. The lowest BCUT2D eigenvalue weighted by Crippen LogP contribution is -2.25. The monoisotopic (exact) mass is 270 g/mol. The van der Waals surface area contributed by atoms with Gasteiger partial charge in [0.05, 0.1) is 6.42 Å². The van der Waals surface area contributed by atoms with Gasteiger partial charge >= 0.3 is 17.9 Å². The van der Waals surface area contributed by atoms with Crippen molar-refractivity contribution in [1.29, 1.82) is 0 Å². The Morgan fingerprint density at radius 2 is 1.79 bits per heavy atom. The van der Waals surface area contributed by atoms with Crippen molar-refractivity contribution < 1.29 is 29.0 Å². The van der Waals surface area contributed by atoms with Crippen molar-refractivity contribution in [2.24, 2.45) is 0 Å². The molecule has 1 aliphatic carbocycles. The maximum absolute atomic E-state index is 11.4. The Morgan fingerprint density at radius 3 is 2.37 bits per heavy atom. The molecular weight excluding hydrogens is 252 g/mol. The molecule has 0 aromatic rings. The van der Waals surface area contributed by atoms with Crippen LogP contribution in [0, 0.1) is 0 Å². The standard InChI is InChI=1S/C13H18O6/c1-9(7-11(14)15)13(17)18-8-12(16)19-10-5-3-2-4-6-10/h10H,1-8H2,(H,14,15). The summed E-state index contributed by atoms with van der Waals surface area (Å²) in [6.07, 6.45) is 4.30. The molecule has 1 N–H and O–H groups in total. The molecule has 6 nitrogen and oxygen atoms in total. The molecule has 1 saturated carbocycles. The number of hydrogen-bond donors (Lipinski definition) is 1. The molecule has 0 amide bonds. The fourth-order valence-corrected chi connectivity index (χ4v) is 1.88. The summed E-state index contributed by atoms with van der Waals surface area (Å²) >= 11 is 0. The minimum Gasteiger partial charge on any atom is -0.481 e. The van der Waals surface area contributed by atoms with Crippen LogP contribution in [0.5, 0.6) is 0 Å². The summed E-state index contributed by atoms with van der Waals surface area (Å²) in [4.78, 5) is 33.1. The lowest BCUT2D eigenvalue weighted by atomic mass is 9.98. The fraction of sp³-hybridized carbons (Fsp3) is 0.615. The molecule has 0 heterocycles. The first-order valence-electron chi connectivity index (χ1n) is 6.25. The van der Waals surface area contributed by atoms with Crippen LogP contribution in [0.2, 0.25) is 0 Å². The third-order valence-electron chi connectivity index (χ3n) is 2.82. The van der Waals surface area contributed by atoms with E-state index < -0.39 is 30.9 Å². The van der Waals surface area contributed by atoms with Crippen molar-refractivity contribution in [1.82, 2.24) is 0 Å². The van der Waals surface area contributed by atoms with Crippen LogP contribution in [-0.4, -0.2) is 35.7 Å². The van der Waals surface area contributed by atoms with Crippen molar-refractivity contribution in [3.8, 4) is 0 Å². The molecule has 19 heavy (non-hydrogen) atoms. The topological polar surface area (TPSA) is 89.9 Å². The summed E-state index contributed by atoms with van der Waals surface area (Å²) in [7, 11) is 0. The van der Waals surface area contributed by atoms with Gasteiger partial charge in [-0.3, -0.25) is 4.79 Å². The van der Waals surface area contributed by atoms with E-state index >= 15 is 0 Å². The first-order chi connectivity index (χ1) is 8.99. The molecule has 0 radical (unpaired) electrons. The van der Waals surface area contributed by atoms with E-state index in [-0.39, 0.29) is 11.7 Å². The summed E-state index contributed by atoms with van der Waals surface area (Å²) in [6, 6.07) is 0. The van der Waals surface area contributed by atoms with E-state index in [1.165, 1.54) is 0 Å². The summed E-state index contributed by atoms with van der Waals surface area (Å²) in [5.41, 5.74) is -0.196. The van der Waals surface area contributed by atoms with Crippen molar-refractivity contribution >= 4 is 17.9 Å². The summed E-state index contributed by atoms with van der Waals surface area (Å²) in [5.74, 6) is -2.67. The number of carboxylic acid groups (broad SMARTS) is 1. The zero-order valence-corrected chi connectivity index (χ0v) is 10.7. The first kappa shape index (κ1) is 15.2. The fourth-order valence-electron chi connectivity index (χ4n) is 1.88. The second-order valence-corrected chi connectivity index (χ2v) is 4.50. The molecule has 0 saturated heterocycles. The van der Waals surface area contributed by atoms with Crippen LogP contribution in [-0.2, 0) is 23.9 Å². The van der Waals surface area contributed by atoms with E-state index in [0.29, 0.717) is 0 Å². The number of carboxylic acids is 1. The van der Waals surface area contributed by atoms with Gasteiger partial charge in [0.25, 0.3) is 0 Å². The van der Waals surface area contributed by atoms with Crippen LogP contribution in [0.15, 0.2) is 12.2 Å². The minimum absolute atomic E-state index is 0.0952. The minimum atomic E-state index is -1.17. The van der Waals surface area contributed by atoms with Crippen molar-refractivity contribution in [3.63, 3.8) is 0 Å². The van der Waals surface area contributed by atoms with Gasteiger partial charge in [0.15, 0.2) is 6.61 Å². The average Bonchev–Trinajstić information content (AvgIpc) is 2.36. The number of hydrogen-bond acceptors (Lipinski definition) is 5. The zero-order chi connectivity index (χ0) is 14.3. The predicted molar refractivity (Wildman–Crippen MR) is 65.3 cm³/mol. The van der Waals surface area contributed by atoms with Crippen LogP contribution in [0.1, 0.15) is 38.5 Å². The van der Waals surface area contributed by atoms with E-state index in [0.717, 1.165) is 32.1 Å². The maximum atomic E-state index is 11.4. The van der Waals surface area contributed by atoms with E-state index in [9.17, 15) is 14.4 Å².